The molecule has 6 nitrogen and oxygen atoms in total. The van der Waals surface area contributed by atoms with Crippen LogP contribution in [0.25, 0.3) is 22.3 Å². The fraction of sp³-hybridized carbons (Fsp3) is 0.547. The molecule has 6 atom stereocenters. The van der Waals surface area contributed by atoms with E-state index in [1.807, 2.05) is 135 Å². The lowest BCUT2D eigenvalue weighted by Crippen LogP contribution is -2.22. The number of benzene rings is 8. The van der Waals surface area contributed by atoms with Crippen LogP contribution >= 0.6 is 70.6 Å². The second-order valence-electron chi connectivity index (χ2n) is 40.6. The molecule has 0 bridgehead atoms. The molecule has 0 radical (unpaired) electrons. The fourth-order valence-corrected chi connectivity index (χ4v) is 25.5. The Morgan fingerprint density at radius 3 is 0.576 bits per heavy atom. The Balaban J connectivity index is 0.000000204. The number of aromatic hydroxyl groups is 6. The summed E-state index contributed by atoms with van der Waals surface area (Å²) in [5.74, 6) is 7.66. The lowest BCUT2D eigenvalue weighted by molar-refractivity contribution is 0.464. The Labute approximate surface area is 740 Å². The molecule has 6 unspecified atom stereocenters. The van der Waals surface area contributed by atoms with Gasteiger partial charge in [-0.25, -0.2) is 0 Å². The van der Waals surface area contributed by atoms with Crippen LogP contribution in [0, 0.1) is 27.7 Å². The predicted molar refractivity (Wildman–Crippen MR) is 524 cm³/mol. The minimum absolute atomic E-state index is 0.0164. The third kappa shape index (κ3) is 27.6. The molecule has 3 aliphatic rings. The predicted octanol–water partition coefficient (Wildman–Crippen LogP) is 31.4. The first kappa shape index (κ1) is 96.5. The van der Waals surface area contributed by atoms with Crippen molar-refractivity contribution in [2.75, 3.05) is 0 Å². The smallest absolute Gasteiger partial charge is 0.127 e. The van der Waals surface area contributed by atoms with Gasteiger partial charge < -0.3 is 30.6 Å². The first-order valence-electron chi connectivity index (χ1n) is 44.3. The van der Waals surface area contributed by atoms with Crippen LogP contribution in [0.5, 0.6) is 34.5 Å². The zero-order chi connectivity index (χ0) is 86.2. The molecular weight excluding hydrogens is 1560 g/mol. The summed E-state index contributed by atoms with van der Waals surface area (Å²) in [5, 5.41) is 69.7. The molecule has 0 saturated heterocycles. The number of rotatable bonds is 20. The van der Waals surface area contributed by atoms with Crippen molar-refractivity contribution in [1.82, 2.24) is 0 Å². The van der Waals surface area contributed by atoms with E-state index >= 15 is 0 Å². The highest BCUT2D eigenvalue weighted by atomic mass is 32.2. The molecule has 0 spiro atoms. The molecular formula is C106H148O6S6. The molecule has 0 amide bonds. The van der Waals surface area contributed by atoms with Crippen LogP contribution in [-0.4, -0.2) is 62.1 Å². The minimum Gasteiger partial charge on any atom is -0.507 e. The van der Waals surface area contributed by atoms with E-state index in [9.17, 15) is 30.6 Å². The van der Waals surface area contributed by atoms with E-state index in [2.05, 4.69) is 222 Å². The average molecular weight is 1710 g/mol. The molecule has 12 heteroatoms. The van der Waals surface area contributed by atoms with Crippen LogP contribution in [0.15, 0.2) is 133 Å². The van der Waals surface area contributed by atoms with Crippen molar-refractivity contribution < 1.29 is 30.6 Å². The van der Waals surface area contributed by atoms with Crippen LogP contribution in [0.1, 0.15) is 329 Å². The van der Waals surface area contributed by atoms with Crippen LogP contribution < -0.4 is 0 Å². The number of thioether (sulfide) groups is 6. The van der Waals surface area contributed by atoms with Crippen molar-refractivity contribution in [3.8, 4) is 56.8 Å². The Hall–Kier alpha value is -5.34. The maximum Gasteiger partial charge on any atom is 0.127 e. The summed E-state index contributed by atoms with van der Waals surface area (Å²) in [6.07, 6.45) is 22.8. The quantitative estimate of drug-likeness (QED) is 0.0436. The van der Waals surface area contributed by atoms with E-state index in [0.29, 0.717) is 66.0 Å². The van der Waals surface area contributed by atoms with E-state index in [1.54, 1.807) is 0 Å². The second kappa shape index (κ2) is 42.8. The second-order valence-corrected chi connectivity index (χ2v) is 47.9. The van der Waals surface area contributed by atoms with Crippen molar-refractivity contribution in [3.05, 3.63) is 222 Å². The lowest BCUT2D eigenvalue weighted by Gasteiger charge is -2.30. The zero-order valence-corrected chi connectivity index (χ0v) is 81.2. The van der Waals surface area contributed by atoms with E-state index < -0.39 is 0 Å². The van der Waals surface area contributed by atoms with E-state index in [-0.39, 0.29) is 32.5 Å². The molecule has 0 aliphatic heterocycles. The lowest BCUT2D eigenvalue weighted by atomic mass is 9.84. The van der Waals surface area contributed by atoms with Crippen LogP contribution in [0.2, 0.25) is 0 Å². The Morgan fingerprint density at radius 1 is 0.229 bits per heavy atom. The molecule has 0 heterocycles. The SMILES string of the molecule is CC(C)(C)c1cc(CSC2CCCCCCC2SCc2cc(C(C)(C)C)cc(-c3ccccc3)c2O)c(O)c(-c2ccccc2)c1.Cc1cc(C(C)(C)C)cc(CSC2CCCCCCC2SCc2cc(C(C)(C)C)cc(C)c2O)c1O.Cc1cc(C(C)(C)C)cc(CSC2CCCCCCC2SCc2cc(C(C)(C)C)cc(C)c2O)c1O. The van der Waals surface area contributed by atoms with Crippen LogP contribution in [0.3, 0.4) is 0 Å². The first-order chi connectivity index (χ1) is 55.5. The van der Waals surface area contributed by atoms with Crippen molar-refractivity contribution in [2.45, 2.75) is 366 Å². The van der Waals surface area contributed by atoms with E-state index in [1.165, 1.54) is 149 Å². The van der Waals surface area contributed by atoms with Gasteiger partial charge >= 0.3 is 0 Å². The number of hydrogen-bond acceptors (Lipinski definition) is 12. The summed E-state index contributed by atoms with van der Waals surface area (Å²) in [5.41, 5.74) is 22.2. The maximum absolute atomic E-state index is 11.6. The van der Waals surface area contributed by atoms with Gasteiger partial charge in [-0.1, -0.05) is 323 Å². The standard InChI is InChI=1S/C42H52O2S2.2C32H48O2S2/c1-41(2,3)33-23-31(39(43)35(25-33)29-17-11-9-12-18-29)27-45-37-21-15-7-8-16-22-38(37)46-28-32-24-34(42(4,5)6)26-36(40(32)44)30-19-13-10-14-20-30;2*1-21-15-25(31(3,4)5)17-23(29(21)33)19-35-27-13-11-9-10-12-14-28(27)36-20-24-18-26(32(6,7)8)16-22(2)30(24)34/h9-14,17-20,23-26,37-38,43-44H,7-8,15-16,21-22,27-28H2,1-6H3;2*15-18,27-28,33-34H,9-14,19-20H2,1-8H3. The highest BCUT2D eigenvalue weighted by molar-refractivity contribution is 8.04. The Kier molecular flexibility index (Phi) is 35.0. The Morgan fingerprint density at radius 2 is 0.398 bits per heavy atom. The molecule has 0 aromatic heterocycles. The van der Waals surface area contributed by atoms with Crippen LogP contribution in [0.4, 0.5) is 0 Å². The molecule has 118 heavy (non-hydrogen) atoms. The topological polar surface area (TPSA) is 121 Å². The molecule has 3 aliphatic carbocycles. The molecule has 644 valence electrons. The molecule has 3 saturated carbocycles. The molecule has 8 aromatic carbocycles. The van der Waals surface area contributed by atoms with Crippen LogP contribution in [-0.2, 0) is 67.0 Å². The van der Waals surface area contributed by atoms with Crippen molar-refractivity contribution in [3.63, 3.8) is 0 Å². The van der Waals surface area contributed by atoms with Gasteiger partial charge in [0.1, 0.15) is 34.5 Å². The summed E-state index contributed by atoms with van der Waals surface area (Å²) in [4.78, 5) is 0. The molecule has 11 rings (SSSR count). The van der Waals surface area contributed by atoms with Gasteiger partial charge in [0.05, 0.1) is 0 Å². The molecule has 6 N–H and O–H groups in total. The van der Waals surface area contributed by atoms with E-state index in [0.717, 1.165) is 112 Å². The zero-order valence-electron chi connectivity index (χ0n) is 76.3. The van der Waals surface area contributed by atoms with E-state index in [4.69, 9.17) is 0 Å². The van der Waals surface area contributed by atoms with Gasteiger partial charge in [-0.15, -0.1) is 0 Å². The summed E-state index contributed by atoms with van der Waals surface area (Å²) >= 11 is 12.2. The third-order valence-electron chi connectivity index (χ3n) is 24.4. The number of hydrogen-bond donors (Lipinski definition) is 6. The van der Waals surface area contributed by atoms with Crippen molar-refractivity contribution in [2.24, 2.45) is 0 Å². The monoisotopic (exact) mass is 1710 g/mol. The molecule has 8 aromatic rings. The maximum atomic E-state index is 11.6. The fourth-order valence-electron chi connectivity index (χ4n) is 16.3. The summed E-state index contributed by atoms with van der Waals surface area (Å²) in [6.45, 7) is 48.5. The van der Waals surface area contributed by atoms with Crippen molar-refractivity contribution >= 4 is 70.6 Å². The first-order valence-corrected chi connectivity index (χ1v) is 50.6. The highest BCUT2D eigenvalue weighted by Gasteiger charge is 2.32. The number of phenolic OH excluding ortho intramolecular Hbond substituents is 6. The van der Waals surface area contributed by atoms with Gasteiger partial charge in [0.2, 0.25) is 0 Å². The van der Waals surface area contributed by atoms with Crippen molar-refractivity contribution in [1.29, 1.82) is 0 Å². The minimum atomic E-state index is -0.0164. The van der Waals surface area contributed by atoms with Gasteiger partial charge in [-0.3, -0.25) is 0 Å². The van der Waals surface area contributed by atoms with Gasteiger partial charge in [-0.05, 0) is 178 Å². The molecule has 3 fully saturated rings. The largest absolute Gasteiger partial charge is 0.507 e. The third-order valence-corrected chi connectivity index (χ3v) is 33.7. The van der Waals surface area contributed by atoms with Gasteiger partial charge in [0.25, 0.3) is 0 Å². The summed E-state index contributed by atoms with van der Waals surface area (Å²) in [7, 11) is 0. The highest BCUT2D eigenvalue weighted by Crippen LogP contribution is 2.49. The van der Waals surface area contributed by atoms with Gasteiger partial charge in [-0.2, -0.15) is 70.6 Å². The average Bonchev–Trinajstić information content (AvgIpc) is 0.803. The Bertz CT molecular complexity index is 4090. The number of phenols is 6. The summed E-state index contributed by atoms with van der Waals surface area (Å²) in [6, 6.07) is 46.8. The van der Waals surface area contributed by atoms with Gasteiger partial charge in [0, 0.05) is 111 Å². The van der Waals surface area contributed by atoms with Gasteiger partial charge in [0.15, 0.2) is 0 Å². The summed E-state index contributed by atoms with van der Waals surface area (Å²) < 4.78 is 0. The number of aryl methyl sites for hydroxylation is 4. The normalized spacial score (nSPS) is 18.9.